The Morgan fingerprint density at radius 3 is 2.57 bits per heavy atom. The summed E-state index contributed by atoms with van der Waals surface area (Å²) in [6.45, 7) is 6.22. The molecule has 2 rings (SSSR count). The van der Waals surface area contributed by atoms with Gasteiger partial charge in [-0.3, -0.25) is 10.5 Å². The van der Waals surface area contributed by atoms with Gasteiger partial charge in [0.25, 0.3) is 0 Å². The second-order valence-electron chi connectivity index (χ2n) is 5.34. The normalized spacial score (nSPS) is 12.5. The van der Waals surface area contributed by atoms with Crippen LogP contribution in [-0.4, -0.2) is 16.9 Å². The maximum Gasteiger partial charge on any atom is 0.122 e. The minimum absolute atomic E-state index is 0.0711. The summed E-state index contributed by atoms with van der Waals surface area (Å²) in [5.74, 6) is 6.74. The fourth-order valence-corrected chi connectivity index (χ4v) is 2.76. The summed E-state index contributed by atoms with van der Waals surface area (Å²) in [7, 11) is 3.62. The van der Waals surface area contributed by atoms with Crippen LogP contribution in [0, 0.1) is 13.8 Å². The van der Waals surface area contributed by atoms with Gasteiger partial charge >= 0.3 is 0 Å². The summed E-state index contributed by atoms with van der Waals surface area (Å²) in [5.41, 5.74) is 8.51. The van der Waals surface area contributed by atoms with E-state index >= 15 is 0 Å². The van der Waals surface area contributed by atoms with E-state index in [2.05, 4.69) is 36.5 Å². The van der Waals surface area contributed by atoms with Crippen molar-refractivity contribution in [2.45, 2.75) is 33.2 Å². The molecule has 1 aromatic carbocycles. The largest absolute Gasteiger partial charge is 0.496 e. The number of benzene rings is 1. The lowest BCUT2D eigenvalue weighted by Gasteiger charge is -2.20. The zero-order chi connectivity index (χ0) is 15.6. The predicted molar refractivity (Wildman–Crippen MR) is 84.2 cm³/mol. The number of nitrogens with one attached hydrogen (secondary N) is 1. The average molecular weight is 288 g/mol. The molecule has 0 saturated carbocycles. The molecule has 2 aromatic rings. The Kier molecular flexibility index (Phi) is 4.65. The molecule has 5 heteroatoms. The van der Waals surface area contributed by atoms with E-state index in [1.54, 1.807) is 7.11 Å². The van der Waals surface area contributed by atoms with Crippen LogP contribution in [-0.2, 0) is 13.5 Å². The van der Waals surface area contributed by atoms with E-state index < -0.39 is 0 Å². The molecule has 0 bridgehead atoms. The van der Waals surface area contributed by atoms with Crippen molar-refractivity contribution in [3.05, 3.63) is 46.3 Å². The lowest BCUT2D eigenvalue weighted by Crippen LogP contribution is -2.30. The van der Waals surface area contributed by atoms with Crippen LogP contribution in [0.15, 0.2) is 18.3 Å². The van der Waals surface area contributed by atoms with Crippen molar-refractivity contribution >= 4 is 0 Å². The van der Waals surface area contributed by atoms with Crippen LogP contribution in [0.4, 0.5) is 0 Å². The quantitative estimate of drug-likeness (QED) is 0.653. The van der Waals surface area contributed by atoms with E-state index in [9.17, 15) is 0 Å². The van der Waals surface area contributed by atoms with Gasteiger partial charge in [-0.25, -0.2) is 5.43 Å². The standard InChI is InChI=1S/C16H24N4O/c1-6-14-13(9-20(4)19-14)16(18-17)12-7-11(3)15(21-5)8-10(12)2/h7-9,16,18H,6,17H2,1-5H3. The van der Waals surface area contributed by atoms with Crippen LogP contribution < -0.4 is 16.0 Å². The molecule has 0 aliphatic rings. The van der Waals surface area contributed by atoms with Crippen molar-refractivity contribution in [2.75, 3.05) is 7.11 Å². The fraction of sp³-hybridized carbons (Fsp3) is 0.438. The Balaban J connectivity index is 2.53. The molecular weight excluding hydrogens is 264 g/mol. The number of rotatable bonds is 5. The number of aromatic nitrogens is 2. The molecule has 114 valence electrons. The lowest BCUT2D eigenvalue weighted by atomic mass is 9.93. The van der Waals surface area contributed by atoms with E-state index in [0.717, 1.165) is 40.1 Å². The fourth-order valence-electron chi connectivity index (χ4n) is 2.76. The number of hydrogen-bond donors (Lipinski definition) is 2. The molecule has 0 aliphatic carbocycles. The average Bonchev–Trinajstić information content (AvgIpc) is 2.84. The molecule has 0 saturated heterocycles. The molecular formula is C16H24N4O. The number of methoxy groups -OCH3 is 1. The van der Waals surface area contributed by atoms with Crippen LogP contribution in [0.1, 0.15) is 40.9 Å². The van der Waals surface area contributed by atoms with Crippen molar-refractivity contribution in [3.8, 4) is 5.75 Å². The predicted octanol–water partition coefficient (Wildman–Crippen LogP) is 2.16. The van der Waals surface area contributed by atoms with Gasteiger partial charge in [0.05, 0.1) is 18.8 Å². The number of ether oxygens (including phenoxy) is 1. The molecule has 1 aromatic heterocycles. The zero-order valence-corrected chi connectivity index (χ0v) is 13.4. The summed E-state index contributed by atoms with van der Waals surface area (Å²) in [4.78, 5) is 0. The third kappa shape index (κ3) is 2.94. The first-order valence-electron chi connectivity index (χ1n) is 7.15. The minimum Gasteiger partial charge on any atom is -0.496 e. The summed E-state index contributed by atoms with van der Waals surface area (Å²) in [5, 5.41) is 4.51. The highest BCUT2D eigenvalue weighted by molar-refractivity contribution is 5.46. The SMILES string of the molecule is CCc1nn(C)cc1C(NN)c1cc(C)c(OC)cc1C. The van der Waals surface area contributed by atoms with Crippen molar-refractivity contribution in [1.82, 2.24) is 15.2 Å². The molecule has 1 heterocycles. The molecule has 1 unspecified atom stereocenters. The monoisotopic (exact) mass is 288 g/mol. The van der Waals surface area contributed by atoms with Crippen molar-refractivity contribution in [1.29, 1.82) is 0 Å². The van der Waals surface area contributed by atoms with Crippen molar-refractivity contribution < 1.29 is 4.74 Å². The minimum atomic E-state index is -0.0711. The topological polar surface area (TPSA) is 65.1 Å². The first-order chi connectivity index (χ1) is 10.0. The summed E-state index contributed by atoms with van der Waals surface area (Å²) in [6.07, 6.45) is 2.91. The van der Waals surface area contributed by atoms with Gasteiger partial charge < -0.3 is 4.74 Å². The highest BCUT2D eigenvalue weighted by atomic mass is 16.5. The van der Waals surface area contributed by atoms with Gasteiger partial charge in [-0.15, -0.1) is 0 Å². The highest BCUT2D eigenvalue weighted by Gasteiger charge is 2.21. The number of nitrogens with zero attached hydrogens (tertiary/aromatic N) is 2. The number of hydrogen-bond acceptors (Lipinski definition) is 4. The molecule has 3 N–H and O–H groups in total. The van der Waals surface area contributed by atoms with Crippen LogP contribution in [0.25, 0.3) is 0 Å². The zero-order valence-electron chi connectivity index (χ0n) is 13.4. The molecule has 0 amide bonds. The van der Waals surface area contributed by atoms with E-state index in [1.165, 1.54) is 0 Å². The highest BCUT2D eigenvalue weighted by Crippen LogP contribution is 2.31. The van der Waals surface area contributed by atoms with Gasteiger partial charge in [0.15, 0.2) is 0 Å². The molecule has 0 radical (unpaired) electrons. The third-order valence-electron chi connectivity index (χ3n) is 3.84. The van der Waals surface area contributed by atoms with Crippen LogP contribution in [0.3, 0.4) is 0 Å². The van der Waals surface area contributed by atoms with Crippen LogP contribution >= 0.6 is 0 Å². The second kappa shape index (κ2) is 6.28. The lowest BCUT2D eigenvalue weighted by molar-refractivity contribution is 0.411. The Hall–Kier alpha value is -1.85. The molecule has 0 spiro atoms. The van der Waals surface area contributed by atoms with Gasteiger partial charge in [-0.2, -0.15) is 5.10 Å². The Morgan fingerprint density at radius 2 is 2.00 bits per heavy atom. The summed E-state index contributed by atoms with van der Waals surface area (Å²) in [6, 6.07) is 4.11. The molecule has 5 nitrogen and oxygen atoms in total. The Bertz CT molecular complexity index is 633. The third-order valence-corrected chi connectivity index (χ3v) is 3.84. The summed E-state index contributed by atoms with van der Waals surface area (Å²) >= 11 is 0. The summed E-state index contributed by atoms with van der Waals surface area (Å²) < 4.78 is 7.22. The van der Waals surface area contributed by atoms with E-state index in [4.69, 9.17) is 10.6 Å². The van der Waals surface area contributed by atoms with E-state index in [-0.39, 0.29) is 6.04 Å². The van der Waals surface area contributed by atoms with Crippen LogP contribution in [0.2, 0.25) is 0 Å². The van der Waals surface area contributed by atoms with E-state index in [0.29, 0.717) is 0 Å². The van der Waals surface area contributed by atoms with Gasteiger partial charge in [-0.1, -0.05) is 13.0 Å². The van der Waals surface area contributed by atoms with Gasteiger partial charge in [-0.05, 0) is 43.0 Å². The molecule has 21 heavy (non-hydrogen) atoms. The Morgan fingerprint density at radius 1 is 1.29 bits per heavy atom. The van der Waals surface area contributed by atoms with Gasteiger partial charge in [0.1, 0.15) is 5.75 Å². The van der Waals surface area contributed by atoms with Crippen LogP contribution in [0.5, 0.6) is 5.75 Å². The maximum absolute atomic E-state index is 5.84. The van der Waals surface area contributed by atoms with E-state index in [1.807, 2.05) is 24.9 Å². The first-order valence-corrected chi connectivity index (χ1v) is 7.15. The van der Waals surface area contributed by atoms with Gasteiger partial charge in [0.2, 0.25) is 0 Å². The van der Waals surface area contributed by atoms with Crippen molar-refractivity contribution in [3.63, 3.8) is 0 Å². The number of nitrogens with two attached hydrogens (primary N) is 1. The number of aryl methyl sites for hydroxylation is 4. The molecule has 0 aliphatic heterocycles. The number of hydrazine groups is 1. The van der Waals surface area contributed by atoms with Gasteiger partial charge in [0, 0.05) is 18.8 Å². The smallest absolute Gasteiger partial charge is 0.122 e. The van der Waals surface area contributed by atoms with Crippen molar-refractivity contribution in [2.24, 2.45) is 12.9 Å². The molecule has 0 fully saturated rings. The second-order valence-corrected chi connectivity index (χ2v) is 5.34. The first kappa shape index (κ1) is 15.5. The molecule has 1 atom stereocenters. The Labute approximate surface area is 126 Å². The maximum atomic E-state index is 5.84.